The summed E-state index contributed by atoms with van der Waals surface area (Å²) in [6.07, 6.45) is 3.34. The molecule has 3 aliphatic rings. The Hall–Kier alpha value is -3.62. The van der Waals surface area contributed by atoms with Gasteiger partial charge in [0.25, 0.3) is 5.54 Å². The number of hydrogen-bond acceptors (Lipinski definition) is 6. The zero-order valence-corrected chi connectivity index (χ0v) is 19.1. The van der Waals surface area contributed by atoms with E-state index in [1.165, 1.54) is 22.0 Å². The van der Waals surface area contributed by atoms with E-state index >= 15 is 8.78 Å². The van der Waals surface area contributed by atoms with E-state index in [1.54, 1.807) is 18.3 Å². The van der Waals surface area contributed by atoms with E-state index in [0.717, 1.165) is 25.2 Å². The molecule has 3 fully saturated rings. The van der Waals surface area contributed by atoms with Gasteiger partial charge in [0.15, 0.2) is 0 Å². The number of hydrogen-bond donors (Lipinski definition) is 1. The predicted octanol–water partition coefficient (Wildman–Crippen LogP) is 3.03. The number of benzene rings is 1. The minimum atomic E-state index is -0.815. The van der Waals surface area contributed by atoms with Crippen LogP contribution in [0.25, 0.3) is 16.0 Å². The lowest BCUT2D eigenvalue weighted by Gasteiger charge is -2.15. The monoisotopic (exact) mass is 499 g/mol. The number of ether oxygens (including phenoxy) is 1. The number of carbonyl (C=O) groups is 1. The molecule has 1 aliphatic carbocycles. The second-order valence-corrected chi connectivity index (χ2v) is 8.77. The fourth-order valence-corrected chi connectivity index (χ4v) is 5.25. The van der Waals surface area contributed by atoms with Crippen molar-refractivity contribution in [3.63, 3.8) is 0 Å². The molecule has 1 saturated carbocycles. The molecule has 9 nitrogen and oxygen atoms in total. The first kappa shape index (κ1) is 23.1. The first-order chi connectivity index (χ1) is 16.5. The van der Waals surface area contributed by atoms with Gasteiger partial charge in [-0.05, 0) is 18.2 Å². The number of fused-ring (bicyclic) bond motifs is 1. The number of piperidine rings is 1. The smallest absolute Gasteiger partial charge is 0.414 e. The van der Waals surface area contributed by atoms with Crippen molar-refractivity contribution in [2.75, 3.05) is 24.5 Å². The lowest BCUT2D eigenvalue weighted by atomic mass is 10.0. The summed E-state index contributed by atoms with van der Waals surface area (Å²) in [6.45, 7) is 9.63. The van der Waals surface area contributed by atoms with Crippen LogP contribution in [0.1, 0.15) is 5.69 Å². The lowest BCUT2D eigenvalue weighted by Crippen LogP contribution is -2.26. The number of rotatable bonds is 5. The van der Waals surface area contributed by atoms with Crippen molar-refractivity contribution in [2.45, 2.75) is 18.2 Å². The van der Waals surface area contributed by atoms with Crippen LogP contribution in [-0.4, -0.2) is 51.8 Å². The molecule has 1 unspecified atom stereocenters. The Balaban J connectivity index is 0.00000253. The largest absolute Gasteiger partial charge is 0.442 e. The van der Waals surface area contributed by atoms with Gasteiger partial charge in [-0.15, -0.1) is 17.5 Å². The van der Waals surface area contributed by atoms with Gasteiger partial charge in [0, 0.05) is 31.0 Å². The Morgan fingerprint density at radius 1 is 1.23 bits per heavy atom. The summed E-state index contributed by atoms with van der Waals surface area (Å²) in [7, 11) is 0. The predicted molar refractivity (Wildman–Crippen MR) is 123 cm³/mol. The highest BCUT2D eigenvalue weighted by atomic mass is 35.5. The first-order valence-electron chi connectivity index (χ1n) is 10.9. The van der Waals surface area contributed by atoms with Crippen LogP contribution in [0.4, 0.5) is 19.3 Å². The first-order valence-corrected chi connectivity index (χ1v) is 10.9. The normalized spacial score (nSPS) is 26.6. The summed E-state index contributed by atoms with van der Waals surface area (Å²) in [4.78, 5) is 21.8. The van der Waals surface area contributed by atoms with E-state index in [1.807, 2.05) is 0 Å². The lowest BCUT2D eigenvalue weighted by molar-refractivity contribution is 0.129. The molecule has 0 radical (unpaired) electrons. The van der Waals surface area contributed by atoms with E-state index in [0.29, 0.717) is 5.69 Å². The topological polar surface area (TPSA) is 89.5 Å². The SMILES string of the molecule is Cl.[C-]#[N+]C1(c2ccc(-c3c(F)cc(N4C[C@H](Cn5ccnn5)OC4=O)cc3F)cn2)[C@@H]2CNC[C@@H]21. The third-order valence-corrected chi connectivity index (χ3v) is 6.96. The minimum Gasteiger partial charge on any atom is -0.442 e. The molecule has 0 spiro atoms. The Bertz CT molecular complexity index is 1280. The average molecular weight is 500 g/mol. The highest BCUT2D eigenvalue weighted by Gasteiger charge is 2.76. The Morgan fingerprint density at radius 2 is 1.97 bits per heavy atom. The quantitative estimate of drug-likeness (QED) is 0.543. The van der Waals surface area contributed by atoms with Crippen LogP contribution in [0, 0.1) is 30.0 Å². The summed E-state index contributed by atoms with van der Waals surface area (Å²) >= 11 is 0. The summed E-state index contributed by atoms with van der Waals surface area (Å²) in [6, 6.07) is 5.51. The van der Waals surface area contributed by atoms with Crippen molar-refractivity contribution in [2.24, 2.45) is 11.8 Å². The van der Waals surface area contributed by atoms with Gasteiger partial charge >= 0.3 is 6.09 Å². The third-order valence-electron chi connectivity index (χ3n) is 6.96. The van der Waals surface area contributed by atoms with Crippen molar-refractivity contribution in [3.8, 4) is 11.1 Å². The van der Waals surface area contributed by atoms with Gasteiger partial charge in [0.05, 0.1) is 42.4 Å². The zero-order chi connectivity index (χ0) is 23.4. The van der Waals surface area contributed by atoms with Crippen LogP contribution < -0.4 is 10.2 Å². The molecular formula is C23H20ClF2N7O2. The van der Waals surface area contributed by atoms with E-state index in [2.05, 4.69) is 25.5 Å². The van der Waals surface area contributed by atoms with Crippen molar-refractivity contribution in [3.05, 3.63) is 71.6 Å². The number of pyridine rings is 1. The van der Waals surface area contributed by atoms with Crippen molar-refractivity contribution < 1.29 is 18.3 Å². The molecule has 1 aromatic carbocycles. The maximum atomic E-state index is 15.1. The van der Waals surface area contributed by atoms with Crippen molar-refractivity contribution >= 4 is 24.2 Å². The summed E-state index contributed by atoms with van der Waals surface area (Å²) in [5, 5.41) is 10.8. The number of carbonyl (C=O) groups excluding carboxylic acids is 1. The van der Waals surface area contributed by atoms with Gasteiger partial charge in [0.2, 0.25) is 0 Å². The molecule has 1 amide bonds. The molecule has 3 aromatic rings. The molecule has 12 heteroatoms. The van der Waals surface area contributed by atoms with E-state index in [4.69, 9.17) is 11.3 Å². The average Bonchev–Trinajstić information content (AvgIpc) is 3.34. The highest BCUT2D eigenvalue weighted by Crippen LogP contribution is 2.62. The summed E-state index contributed by atoms with van der Waals surface area (Å²) in [5.41, 5.74) is 0.105. The van der Waals surface area contributed by atoms with Crippen LogP contribution in [0.3, 0.4) is 0 Å². The molecule has 2 aromatic heterocycles. The van der Waals surface area contributed by atoms with Gasteiger partial charge in [-0.25, -0.2) is 24.8 Å². The number of anilines is 1. The van der Waals surface area contributed by atoms with Gasteiger partial charge in [-0.3, -0.25) is 9.88 Å². The number of aromatic nitrogens is 4. The zero-order valence-electron chi connectivity index (χ0n) is 18.3. The second-order valence-electron chi connectivity index (χ2n) is 8.77. The molecule has 180 valence electrons. The van der Waals surface area contributed by atoms with Gasteiger partial charge in [-0.2, -0.15) is 0 Å². The van der Waals surface area contributed by atoms with Gasteiger partial charge < -0.3 is 14.9 Å². The molecule has 4 atom stereocenters. The van der Waals surface area contributed by atoms with Crippen LogP contribution in [0.15, 0.2) is 42.9 Å². The molecule has 6 rings (SSSR count). The number of halogens is 3. The van der Waals surface area contributed by atoms with Crippen molar-refractivity contribution in [1.29, 1.82) is 0 Å². The van der Waals surface area contributed by atoms with Gasteiger partial charge in [0.1, 0.15) is 23.4 Å². The summed E-state index contributed by atoms with van der Waals surface area (Å²) < 4.78 is 36.9. The molecule has 4 heterocycles. The molecule has 1 N–H and O–H groups in total. The van der Waals surface area contributed by atoms with Crippen LogP contribution in [0.2, 0.25) is 0 Å². The second kappa shape index (κ2) is 8.55. The third kappa shape index (κ3) is 3.61. The number of cyclic esters (lactones) is 1. The van der Waals surface area contributed by atoms with Gasteiger partial charge in [-0.1, -0.05) is 11.3 Å². The van der Waals surface area contributed by atoms with Crippen LogP contribution in [-0.2, 0) is 16.8 Å². The number of nitrogens with zero attached hydrogens (tertiary/aromatic N) is 6. The van der Waals surface area contributed by atoms with Crippen LogP contribution in [0.5, 0.6) is 0 Å². The fraction of sp³-hybridized carbons (Fsp3) is 0.348. The molecular weight excluding hydrogens is 480 g/mol. The Labute approximate surface area is 205 Å². The highest BCUT2D eigenvalue weighted by molar-refractivity contribution is 5.90. The maximum Gasteiger partial charge on any atom is 0.414 e. The minimum absolute atomic E-state index is 0. The molecule has 0 bridgehead atoms. The Kier molecular flexibility index (Phi) is 5.65. The molecule has 2 saturated heterocycles. The van der Waals surface area contributed by atoms with E-state index in [-0.39, 0.29) is 54.1 Å². The van der Waals surface area contributed by atoms with E-state index in [9.17, 15) is 4.79 Å². The summed E-state index contributed by atoms with van der Waals surface area (Å²) in [5.74, 6) is -1.18. The fourth-order valence-electron chi connectivity index (χ4n) is 5.25. The van der Waals surface area contributed by atoms with Crippen LogP contribution >= 0.6 is 12.4 Å². The van der Waals surface area contributed by atoms with E-state index < -0.39 is 29.4 Å². The number of nitrogens with one attached hydrogen (secondary N) is 1. The molecule has 35 heavy (non-hydrogen) atoms. The maximum absolute atomic E-state index is 15.1. The Morgan fingerprint density at radius 3 is 2.57 bits per heavy atom. The number of amides is 1. The van der Waals surface area contributed by atoms with Crippen molar-refractivity contribution in [1.82, 2.24) is 25.3 Å². The molecule has 2 aliphatic heterocycles. The standard InChI is InChI=1S/C23H19F2N7O2.ClH/c1-26-23(16-9-27-10-17(16)23)20-3-2-13(8-28-20)21-18(24)6-14(7-19(21)25)32-12-15(34-22(32)33)11-31-5-4-29-30-31;/h2-8,15-17,27H,9-12H2;1H/t15-,16-,17+,23?;/m0./s1.